The zero-order valence-electron chi connectivity index (χ0n) is 17.4. The smallest absolute Gasteiger partial charge is 0.293 e. The summed E-state index contributed by atoms with van der Waals surface area (Å²) in [4.78, 5) is 27.1. The summed E-state index contributed by atoms with van der Waals surface area (Å²) in [5.41, 5.74) is 5.80. The molecule has 0 aliphatic carbocycles. The third-order valence-electron chi connectivity index (χ3n) is 4.91. The van der Waals surface area contributed by atoms with Gasteiger partial charge in [0.1, 0.15) is 0 Å². The van der Waals surface area contributed by atoms with E-state index in [-0.39, 0.29) is 11.7 Å². The predicted octanol–water partition coefficient (Wildman–Crippen LogP) is 4.74. The molecule has 32 heavy (non-hydrogen) atoms. The Morgan fingerprint density at radius 1 is 0.781 bits per heavy atom. The normalized spacial score (nSPS) is 10.3. The molecule has 1 N–H and O–H groups in total. The summed E-state index contributed by atoms with van der Waals surface area (Å²) in [5, 5.41) is 4.43. The first-order valence-electron chi connectivity index (χ1n) is 10.0. The largest absolute Gasteiger partial charge is 0.459 e. The van der Waals surface area contributed by atoms with Crippen molar-refractivity contribution in [2.24, 2.45) is 5.10 Å². The molecule has 2 amide bonds. The van der Waals surface area contributed by atoms with Gasteiger partial charge in [0.2, 0.25) is 0 Å². The van der Waals surface area contributed by atoms with Crippen molar-refractivity contribution >= 4 is 23.2 Å². The van der Waals surface area contributed by atoms with Crippen LogP contribution in [0, 0.1) is 0 Å². The molecule has 6 nitrogen and oxygen atoms in total. The summed E-state index contributed by atoms with van der Waals surface area (Å²) in [5.74, 6) is -0.590. The van der Waals surface area contributed by atoms with E-state index in [2.05, 4.69) is 10.5 Å². The number of para-hydroxylation sites is 1. The van der Waals surface area contributed by atoms with Crippen molar-refractivity contribution in [1.29, 1.82) is 0 Å². The van der Waals surface area contributed by atoms with Crippen LogP contribution < -0.4 is 10.3 Å². The van der Waals surface area contributed by atoms with Crippen LogP contribution in [-0.2, 0) is 0 Å². The van der Waals surface area contributed by atoms with Gasteiger partial charge >= 0.3 is 0 Å². The molecule has 0 radical (unpaired) electrons. The van der Waals surface area contributed by atoms with Crippen LogP contribution in [0.5, 0.6) is 0 Å². The highest BCUT2D eigenvalue weighted by Crippen LogP contribution is 2.21. The number of amides is 2. The molecule has 0 atom stereocenters. The fourth-order valence-corrected chi connectivity index (χ4v) is 3.29. The molecule has 0 bridgehead atoms. The van der Waals surface area contributed by atoms with E-state index in [9.17, 15) is 9.59 Å². The van der Waals surface area contributed by atoms with Gasteiger partial charge in [-0.2, -0.15) is 5.10 Å². The van der Waals surface area contributed by atoms with Gasteiger partial charge in [0.25, 0.3) is 11.8 Å². The zero-order valence-corrected chi connectivity index (χ0v) is 17.4. The van der Waals surface area contributed by atoms with Crippen LogP contribution in [0.1, 0.15) is 32.0 Å². The topological polar surface area (TPSA) is 74.9 Å². The summed E-state index contributed by atoms with van der Waals surface area (Å²) in [7, 11) is 1.60. The molecule has 158 valence electrons. The molecule has 0 aliphatic heterocycles. The Labute approximate surface area is 185 Å². The van der Waals surface area contributed by atoms with Gasteiger partial charge in [-0.1, -0.05) is 72.8 Å². The van der Waals surface area contributed by atoms with Gasteiger partial charge < -0.3 is 9.32 Å². The van der Waals surface area contributed by atoms with Gasteiger partial charge in [0.05, 0.1) is 23.2 Å². The van der Waals surface area contributed by atoms with Crippen LogP contribution in [0.3, 0.4) is 0 Å². The van der Waals surface area contributed by atoms with Gasteiger partial charge in [0.15, 0.2) is 5.76 Å². The van der Waals surface area contributed by atoms with E-state index >= 15 is 0 Å². The Morgan fingerprint density at radius 2 is 1.38 bits per heavy atom. The number of benzene rings is 3. The number of hydrazone groups is 1. The average Bonchev–Trinajstić information content (AvgIpc) is 3.39. The summed E-state index contributed by atoms with van der Waals surface area (Å²) < 4.78 is 5.20. The van der Waals surface area contributed by atoms with E-state index in [0.717, 1.165) is 11.1 Å². The molecule has 6 heteroatoms. The number of anilines is 1. The fraction of sp³-hybridized carbons (Fsp3) is 0.0385. The second-order valence-electron chi connectivity index (χ2n) is 6.99. The highest BCUT2D eigenvalue weighted by molar-refractivity contribution is 6.14. The molecule has 0 saturated carbocycles. The highest BCUT2D eigenvalue weighted by atomic mass is 16.3. The maximum Gasteiger partial charge on any atom is 0.293 e. The molecule has 1 aromatic heterocycles. The number of hydrogen-bond donors (Lipinski definition) is 1. The van der Waals surface area contributed by atoms with E-state index in [1.807, 2.05) is 60.7 Å². The summed E-state index contributed by atoms with van der Waals surface area (Å²) in [6.07, 6.45) is 1.43. The van der Waals surface area contributed by atoms with Crippen LogP contribution >= 0.6 is 0 Å². The average molecular weight is 423 g/mol. The van der Waals surface area contributed by atoms with Crippen molar-refractivity contribution in [3.63, 3.8) is 0 Å². The second kappa shape index (κ2) is 9.57. The van der Waals surface area contributed by atoms with Crippen LogP contribution in [0.2, 0.25) is 0 Å². The second-order valence-corrected chi connectivity index (χ2v) is 6.99. The quantitative estimate of drug-likeness (QED) is 0.360. The SMILES string of the molecule is CN(C(=O)c1ccco1)c1ccccc1C(=O)NN=C(c1ccccc1)c1ccccc1. The number of nitrogens with one attached hydrogen (secondary N) is 1. The Morgan fingerprint density at radius 3 is 1.97 bits per heavy atom. The molecule has 0 saturated heterocycles. The van der Waals surface area contributed by atoms with Crippen LogP contribution in [-0.4, -0.2) is 24.6 Å². The van der Waals surface area contributed by atoms with Crippen molar-refractivity contribution in [2.45, 2.75) is 0 Å². The van der Waals surface area contributed by atoms with Gasteiger partial charge in [-0.25, -0.2) is 5.43 Å². The van der Waals surface area contributed by atoms with Crippen molar-refractivity contribution in [3.8, 4) is 0 Å². The molecule has 0 fully saturated rings. The molecule has 0 unspecified atom stereocenters. The Hall–Kier alpha value is -4.45. The molecule has 3 aromatic carbocycles. The first-order chi connectivity index (χ1) is 15.6. The molecule has 4 aromatic rings. The number of nitrogens with zero attached hydrogens (tertiary/aromatic N) is 2. The summed E-state index contributed by atoms with van der Waals surface area (Å²) >= 11 is 0. The molecular weight excluding hydrogens is 402 g/mol. The van der Waals surface area contributed by atoms with E-state index in [1.54, 1.807) is 43.4 Å². The van der Waals surface area contributed by atoms with E-state index < -0.39 is 5.91 Å². The lowest BCUT2D eigenvalue weighted by atomic mass is 10.0. The Bertz CT molecular complexity index is 1190. The molecule has 0 aliphatic rings. The van der Waals surface area contributed by atoms with Gasteiger partial charge in [-0.05, 0) is 24.3 Å². The van der Waals surface area contributed by atoms with Crippen molar-refractivity contribution in [2.75, 3.05) is 11.9 Å². The Kier molecular flexibility index (Phi) is 6.22. The van der Waals surface area contributed by atoms with Gasteiger partial charge in [0, 0.05) is 18.2 Å². The fourth-order valence-electron chi connectivity index (χ4n) is 3.29. The summed E-state index contributed by atoms with van der Waals surface area (Å²) in [6.45, 7) is 0. The third kappa shape index (κ3) is 4.49. The lowest BCUT2D eigenvalue weighted by Crippen LogP contribution is -2.29. The van der Waals surface area contributed by atoms with Gasteiger partial charge in [-0.3, -0.25) is 9.59 Å². The van der Waals surface area contributed by atoms with E-state index in [1.165, 1.54) is 11.2 Å². The predicted molar refractivity (Wildman–Crippen MR) is 124 cm³/mol. The minimum absolute atomic E-state index is 0.191. The standard InChI is InChI=1S/C26H21N3O3/c1-29(26(31)23-17-10-18-32-23)22-16-9-8-15-21(22)25(30)28-27-24(19-11-4-2-5-12-19)20-13-6-3-7-14-20/h2-18H,1H3,(H,28,30). The van der Waals surface area contributed by atoms with E-state index in [4.69, 9.17) is 4.42 Å². The molecular formula is C26H21N3O3. The Balaban J connectivity index is 1.64. The zero-order chi connectivity index (χ0) is 22.3. The third-order valence-corrected chi connectivity index (χ3v) is 4.91. The minimum atomic E-state index is -0.427. The molecule has 0 spiro atoms. The number of carbonyl (C=O) groups excluding carboxylic acids is 2. The molecule has 4 rings (SSSR count). The highest BCUT2D eigenvalue weighted by Gasteiger charge is 2.21. The first-order valence-corrected chi connectivity index (χ1v) is 10.0. The number of hydrogen-bond acceptors (Lipinski definition) is 4. The lowest BCUT2D eigenvalue weighted by molar-refractivity contribution is 0.0955. The van der Waals surface area contributed by atoms with Crippen molar-refractivity contribution < 1.29 is 14.0 Å². The first kappa shape index (κ1) is 20.8. The van der Waals surface area contributed by atoms with Crippen LogP contribution in [0.15, 0.2) is 113 Å². The minimum Gasteiger partial charge on any atom is -0.459 e. The maximum absolute atomic E-state index is 13.1. The van der Waals surface area contributed by atoms with Crippen molar-refractivity contribution in [1.82, 2.24) is 5.43 Å². The van der Waals surface area contributed by atoms with Crippen LogP contribution in [0.25, 0.3) is 0 Å². The lowest BCUT2D eigenvalue weighted by Gasteiger charge is -2.19. The number of carbonyl (C=O) groups is 2. The van der Waals surface area contributed by atoms with E-state index in [0.29, 0.717) is 17.0 Å². The van der Waals surface area contributed by atoms with Crippen molar-refractivity contribution in [3.05, 3.63) is 126 Å². The number of rotatable bonds is 6. The number of furan rings is 1. The van der Waals surface area contributed by atoms with Crippen LogP contribution in [0.4, 0.5) is 5.69 Å². The molecule has 1 heterocycles. The van der Waals surface area contributed by atoms with Gasteiger partial charge in [-0.15, -0.1) is 0 Å². The maximum atomic E-state index is 13.1. The summed E-state index contributed by atoms with van der Waals surface area (Å²) in [6, 6.07) is 29.3. The monoisotopic (exact) mass is 423 g/mol.